The zero-order valence-corrected chi connectivity index (χ0v) is 14.6. The zero-order chi connectivity index (χ0) is 18.7. The minimum absolute atomic E-state index is 0.194. The van der Waals surface area contributed by atoms with Crippen LogP contribution in [-0.4, -0.2) is 27.8 Å². The third-order valence-corrected chi connectivity index (χ3v) is 4.18. The molecular formula is C20H19N3O3. The van der Waals surface area contributed by atoms with Crippen molar-refractivity contribution in [3.63, 3.8) is 0 Å². The molecule has 132 valence electrons. The molecule has 1 amide bonds. The summed E-state index contributed by atoms with van der Waals surface area (Å²) < 4.78 is 7.15. The molecule has 3 aromatic rings. The summed E-state index contributed by atoms with van der Waals surface area (Å²) in [5.74, 6) is 0.161. The van der Waals surface area contributed by atoms with Crippen LogP contribution >= 0.6 is 0 Å². The first-order chi connectivity index (χ1) is 12.5. The van der Waals surface area contributed by atoms with Gasteiger partial charge in [0.05, 0.1) is 24.8 Å². The summed E-state index contributed by atoms with van der Waals surface area (Å²) in [6, 6.07) is 15.1. The summed E-state index contributed by atoms with van der Waals surface area (Å²) in [7, 11) is 3.56. The molecule has 1 heterocycles. The van der Waals surface area contributed by atoms with Crippen molar-refractivity contribution in [1.82, 2.24) is 15.0 Å². The third-order valence-electron chi connectivity index (χ3n) is 4.18. The number of methoxy groups -OCH3 is 1. The van der Waals surface area contributed by atoms with Crippen LogP contribution in [0.15, 0.2) is 61.4 Å². The van der Waals surface area contributed by atoms with Crippen LogP contribution in [0.25, 0.3) is 28.1 Å². The SMILES string of the molecule is C=C(C(=O)NO)c1ccc(-c2c(-c3ccc(OC)cc3)ncn2C)cc1. The normalized spacial score (nSPS) is 10.4. The number of amides is 1. The van der Waals surface area contributed by atoms with Gasteiger partial charge in [-0.1, -0.05) is 30.8 Å². The molecule has 3 rings (SSSR count). The van der Waals surface area contributed by atoms with E-state index >= 15 is 0 Å². The summed E-state index contributed by atoms with van der Waals surface area (Å²) in [6.07, 6.45) is 1.76. The van der Waals surface area contributed by atoms with Crippen LogP contribution in [-0.2, 0) is 11.8 Å². The fourth-order valence-corrected chi connectivity index (χ4v) is 2.76. The lowest BCUT2D eigenvalue weighted by Gasteiger charge is -2.09. The number of carbonyl (C=O) groups excluding carboxylic acids is 1. The number of hydrogen-bond donors (Lipinski definition) is 2. The average molecular weight is 349 g/mol. The van der Waals surface area contributed by atoms with Gasteiger partial charge in [-0.15, -0.1) is 0 Å². The highest BCUT2D eigenvalue weighted by Crippen LogP contribution is 2.32. The quantitative estimate of drug-likeness (QED) is 0.421. The molecule has 1 aromatic heterocycles. The highest BCUT2D eigenvalue weighted by Gasteiger charge is 2.14. The van der Waals surface area contributed by atoms with Crippen molar-refractivity contribution in [2.75, 3.05) is 7.11 Å². The molecule has 0 fully saturated rings. The van der Waals surface area contributed by atoms with E-state index in [2.05, 4.69) is 11.6 Å². The van der Waals surface area contributed by atoms with Crippen molar-refractivity contribution in [1.29, 1.82) is 0 Å². The van der Waals surface area contributed by atoms with E-state index < -0.39 is 5.91 Å². The van der Waals surface area contributed by atoms with Gasteiger partial charge in [0.1, 0.15) is 5.75 Å². The second kappa shape index (κ2) is 7.25. The van der Waals surface area contributed by atoms with Crippen molar-refractivity contribution < 1.29 is 14.7 Å². The van der Waals surface area contributed by atoms with E-state index in [9.17, 15) is 4.79 Å². The third kappa shape index (κ3) is 3.22. The van der Waals surface area contributed by atoms with Gasteiger partial charge in [-0.25, -0.2) is 10.5 Å². The van der Waals surface area contributed by atoms with E-state index in [1.54, 1.807) is 31.0 Å². The highest BCUT2D eigenvalue weighted by atomic mass is 16.5. The molecule has 6 nitrogen and oxygen atoms in total. The molecule has 0 aliphatic heterocycles. The summed E-state index contributed by atoms with van der Waals surface area (Å²) in [5.41, 5.74) is 6.17. The van der Waals surface area contributed by atoms with E-state index in [0.29, 0.717) is 5.56 Å². The minimum Gasteiger partial charge on any atom is -0.497 e. The number of aryl methyl sites for hydroxylation is 1. The van der Waals surface area contributed by atoms with E-state index in [0.717, 1.165) is 28.3 Å². The maximum absolute atomic E-state index is 11.5. The van der Waals surface area contributed by atoms with Crippen LogP contribution in [0, 0.1) is 0 Å². The van der Waals surface area contributed by atoms with Crippen LogP contribution in [0.2, 0.25) is 0 Å². The molecule has 2 aromatic carbocycles. The number of aromatic nitrogens is 2. The highest BCUT2D eigenvalue weighted by molar-refractivity contribution is 6.18. The Morgan fingerprint density at radius 2 is 1.73 bits per heavy atom. The molecule has 2 N–H and O–H groups in total. The lowest BCUT2D eigenvalue weighted by Crippen LogP contribution is -2.19. The number of nitrogens with one attached hydrogen (secondary N) is 1. The van der Waals surface area contributed by atoms with Gasteiger partial charge in [-0.2, -0.15) is 0 Å². The second-order valence-electron chi connectivity index (χ2n) is 5.78. The Morgan fingerprint density at radius 3 is 2.31 bits per heavy atom. The van der Waals surface area contributed by atoms with Crippen LogP contribution in [0.5, 0.6) is 5.75 Å². The molecule has 0 radical (unpaired) electrons. The van der Waals surface area contributed by atoms with E-state index in [1.165, 1.54) is 0 Å². The number of hydrogen-bond acceptors (Lipinski definition) is 4. The average Bonchev–Trinajstić information content (AvgIpc) is 3.08. The summed E-state index contributed by atoms with van der Waals surface area (Å²) >= 11 is 0. The first-order valence-electron chi connectivity index (χ1n) is 7.95. The molecule has 0 unspecified atom stereocenters. The van der Waals surface area contributed by atoms with Crippen LogP contribution in [0.3, 0.4) is 0 Å². The summed E-state index contributed by atoms with van der Waals surface area (Å²) in [5, 5.41) is 8.73. The molecular weight excluding hydrogens is 330 g/mol. The molecule has 6 heteroatoms. The Hall–Kier alpha value is -3.38. The number of imidazole rings is 1. The van der Waals surface area contributed by atoms with E-state index in [1.807, 2.05) is 48.0 Å². The number of carbonyl (C=O) groups is 1. The lowest BCUT2D eigenvalue weighted by atomic mass is 10.0. The second-order valence-corrected chi connectivity index (χ2v) is 5.78. The van der Waals surface area contributed by atoms with E-state index in [-0.39, 0.29) is 5.57 Å². The predicted octanol–water partition coefficient (Wildman–Crippen LogP) is 3.28. The Bertz CT molecular complexity index is 941. The fraction of sp³-hybridized carbons (Fsp3) is 0.100. The Morgan fingerprint density at radius 1 is 1.12 bits per heavy atom. The van der Waals surface area contributed by atoms with Gasteiger partial charge in [-0.05, 0) is 29.8 Å². The van der Waals surface area contributed by atoms with E-state index in [4.69, 9.17) is 9.94 Å². The van der Waals surface area contributed by atoms with Gasteiger partial charge in [0.15, 0.2) is 0 Å². The fourth-order valence-electron chi connectivity index (χ4n) is 2.76. The summed E-state index contributed by atoms with van der Waals surface area (Å²) in [4.78, 5) is 16.0. The molecule has 0 atom stereocenters. The molecule has 0 aliphatic rings. The van der Waals surface area contributed by atoms with Gasteiger partial charge >= 0.3 is 0 Å². The first-order valence-corrected chi connectivity index (χ1v) is 7.95. The van der Waals surface area contributed by atoms with Gasteiger partial charge < -0.3 is 9.30 Å². The number of nitrogens with zero attached hydrogens (tertiary/aromatic N) is 2. The maximum Gasteiger partial charge on any atom is 0.274 e. The topological polar surface area (TPSA) is 76.4 Å². The van der Waals surface area contributed by atoms with Crippen molar-refractivity contribution >= 4 is 11.5 Å². The molecule has 0 saturated heterocycles. The number of ether oxygens (including phenoxy) is 1. The Balaban J connectivity index is 1.98. The molecule has 26 heavy (non-hydrogen) atoms. The minimum atomic E-state index is -0.628. The van der Waals surface area contributed by atoms with Gasteiger partial charge in [0.2, 0.25) is 0 Å². The molecule has 0 aliphatic carbocycles. The number of rotatable bonds is 5. The Kier molecular flexibility index (Phi) is 4.86. The molecule has 0 saturated carbocycles. The molecule has 0 spiro atoms. The Labute approximate surface area is 151 Å². The lowest BCUT2D eigenvalue weighted by molar-refractivity contribution is -0.123. The van der Waals surface area contributed by atoms with Crippen molar-refractivity contribution in [2.45, 2.75) is 0 Å². The monoisotopic (exact) mass is 349 g/mol. The van der Waals surface area contributed by atoms with Crippen molar-refractivity contribution in [3.05, 3.63) is 67.0 Å². The van der Waals surface area contributed by atoms with Crippen molar-refractivity contribution in [3.8, 4) is 28.3 Å². The maximum atomic E-state index is 11.5. The molecule has 0 bridgehead atoms. The standard InChI is InChI=1S/C20H19N3O3/c1-13(20(24)22-25)14-4-6-16(7-5-14)19-18(21-12-23(19)2)15-8-10-17(26-3)11-9-15/h4-12,25H,1H2,2-3H3,(H,22,24). The van der Waals surface area contributed by atoms with Crippen LogP contribution in [0.1, 0.15) is 5.56 Å². The summed E-state index contributed by atoms with van der Waals surface area (Å²) in [6.45, 7) is 3.69. The largest absolute Gasteiger partial charge is 0.497 e. The number of hydroxylamine groups is 1. The van der Waals surface area contributed by atoms with Gasteiger partial charge in [-0.3, -0.25) is 10.0 Å². The van der Waals surface area contributed by atoms with Crippen LogP contribution in [0.4, 0.5) is 0 Å². The van der Waals surface area contributed by atoms with Gasteiger partial charge in [0, 0.05) is 23.7 Å². The van der Waals surface area contributed by atoms with Crippen molar-refractivity contribution in [2.24, 2.45) is 7.05 Å². The predicted molar refractivity (Wildman–Crippen MR) is 99.6 cm³/mol. The zero-order valence-electron chi connectivity index (χ0n) is 14.6. The first kappa shape index (κ1) is 17.4. The van der Waals surface area contributed by atoms with Gasteiger partial charge in [0.25, 0.3) is 5.91 Å². The smallest absolute Gasteiger partial charge is 0.274 e. The number of benzene rings is 2. The van der Waals surface area contributed by atoms with Crippen LogP contribution < -0.4 is 10.2 Å².